The summed E-state index contributed by atoms with van der Waals surface area (Å²) in [6.45, 7) is 12.3. The number of nitrogens with zero attached hydrogens (tertiary/aromatic N) is 3. The molecule has 1 aromatic heterocycles. The minimum absolute atomic E-state index is 0.259. The van der Waals surface area contributed by atoms with Crippen molar-refractivity contribution in [2.45, 2.75) is 58.8 Å². The van der Waals surface area contributed by atoms with Gasteiger partial charge in [-0.25, -0.2) is 9.78 Å². The number of carbonyl (C=O) groups is 1. The topological polar surface area (TPSA) is 56.6 Å². The van der Waals surface area contributed by atoms with Crippen LogP contribution in [0.1, 0.15) is 39.9 Å². The van der Waals surface area contributed by atoms with Crippen molar-refractivity contribution in [2.75, 3.05) is 19.7 Å². The number of hydrogen-bond donors (Lipinski definition) is 0. The van der Waals surface area contributed by atoms with Gasteiger partial charge in [0.25, 0.3) is 0 Å². The van der Waals surface area contributed by atoms with Gasteiger partial charge in [-0.3, -0.25) is 0 Å². The largest absolute Gasteiger partial charge is 0.444 e. The highest BCUT2D eigenvalue weighted by Gasteiger charge is 2.38. The summed E-state index contributed by atoms with van der Waals surface area (Å²) in [6.07, 6.45) is 4.31. The van der Waals surface area contributed by atoms with E-state index in [1.54, 1.807) is 11.1 Å². The molecule has 6 heteroatoms. The number of carbonyl (C=O) groups excluding carboxylic acids is 1. The van der Waals surface area contributed by atoms with E-state index >= 15 is 0 Å². The van der Waals surface area contributed by atoms with E-state index < -0.39 is 5.60 Å². The van der Waals surface area contributed by atoms with Crippen molar-refractivity contribution in [1.82, 2.24) is 14.5 Å². The highest BCUT2D eigenvalue weighted by molar-refractivity contribution is 5.68. The fourth-order valence-corrected chi connectivity index (χ4v) is 2.56. The second-order valence-corrected chi connectivity index (χ2v) is 7.12. The number of likely N-dealkylation sites (tertiary alicyclic amines) is 1. The van der Waals surface area contributed by atoms with Crippen molar-refractivity contribution in [3.63, 3.8) is 0 Å². The van der Waals surface area contributed by atoms with Crippen LogP contribution in [0.2, 0.25) is 0 Å². The Morgan fingerprint density at radius 3 is 2.77 bits per heavy atom. The standard InChI is InChI=1S/C16H27N3O3/c1-13-17-7-9-18(13)10-11-21-16(5)6-8-19(12-16)14(20)22-15(2,3)4/h7,9H,6,8,10-12H2,1-5H3. The van der Waals surface area contributed by atoms with Crippen LogP contribution in [0.3, 0.4) is 0 Å². The molecule has 0 aromatic carbocycles. The Morgan fingerprint density at radius 2 is 2.18 bits per heavy atom. The zero-order chi connectivity index (χ0) is 16.4. The van der Waals surface area contributed by atoms with E-state index in [9.17, 15) is 4.79 Å². The van der Waals surface area contributed by atoms with E-state index in [2.05, 4.69) is 16.5 Å². The summed E-state index contributed by atoms with van der Waals surface area (Å²) in [5.74, 6) is 0.982. The van der Waals surface area contributed by atoms with E-state index in [0.717, 1.165) is 18.8 Å². The maximum atomic E-state index is 12.1. The third-order valence-corrected chi connectivity index (χ3v) is 3.79. The second kappa shape index (κ2) is 6.28. The van der Waals surface area contributed by atoms with Crippen LogP contribution in [-0.2, 0) is 16.0 Å². The number of aromatic nitrogens is 2. The molecule has 1 aliphatic rings. The number of rotatable bonds is 4. The van der Waals surface area contributed by atoms with Crippen molar-refractivity contribution in [3.05, 3.63) is 18.2 Å². The molecule has 1 saturated heterocycles. The number of amides is 1. The summed E-state index contributed by atoms with van der Waals surface area (Å²) in [5.41, 5.74) is -0.763. The number of hydrogen-bond acceptors (Lipinski definition) is 4. The van der Waals surface area contributed by atoms with Crippen LogP contribution in [0.25, 0.3) is 0 Å². The number of ether oxygens (including phenoxy) is 2. The lowest BCUT2D eigenvalue weighted by molar-refractivity contribution is -0.0304. The summed E-state index contributed by atoms with van der Waals surface area (Å²) in [6, 6.07) is 0. The molecule has 124 valence electrons. The zero-order valence-electron chi connectivity index (χ0n) is 14.3. The van der Waals surface area contributed by atoms with Crippen molar-refractivity contribution < 1.29 is 14.3 Å². The van der Waals surface area contributed by atoms with Gasteiger partial charge >= 0.3 is 6.09 Å². The van der Waals surface area contributed by atoms with Gasteiger partial charge in [-0.2, -0.15) is 0 Å². The van der Waals surface area contributed by atoms with E-state index in [-0.39, 0.29) is 11.7 Å². The molecule has 0 radical (unpaired) electrons. The molecular weight excluding hydrogens is 282 g/mol. The Kier molecular flexibility index (Phi) is 4.80. The average molecular weight is 309 g/mol. The minimum Gasteiger partial charge on any atom is -0.444 e. The molecule has 1 fully saturated rings. The lowest BCUT2D eigenvalue weighted by atomic mass is 10.1. The first kappa shape index (κ1) is 16.8. The third-order valence-electron chi connectivity index (χ3n) is 3.79. The number of imidazole rings is 1. The molecule has 0 bridgehead atoms. The molecular formula is C16H27N3O3. The van der Waals surface area contributed by atoms with Gasteiger partial charge in [0.2, 0.25) is 0 Å². The molecule has 0 N–H and O–H groups in total. The first-order valence-electron chi connectivity index (χ1n) is 7.78. The molecule has 0 spiro atoms. The average Bonchev–Trinajstić information content (AvgIpc) is 2.95. The predicted molar refractivity (Wildman–Crippen MR) is 83.7 cm³/mol. The maximum absolute atomic E-state index is 12.1. The fraction of sp³-hybridized carbons (Fsp3) is 0.750. The molecule has 1 aromatic rings. The normalized spacial score (nSPS) is 22.1. The lowest BCUT2D eigenvalue weighted by Gasteiger charge is -2.27. The number of aryl methyl sites for hydroxylation is 1. The highest BCUT2D eigenvalue weighted by atomic mass is 16.6. The van der Waals surface area contributed by atoms with Gasteiger partial charge in [0, 0.05) is 25.5 Å². The van der Waals surface area contributed by atoms with Gasteiger partial charge in [0.15, 0.2) is 0 Å². The monoisotopic (exact) mass is 309 g/mol. The Bertz CT molecular complexity index is 521. The smallest absolute Gasteiger partial charge is 0.410 e. The van der Waals surface area contributed by atoms with Gasteiger partial charge in [-0.15, -0.1) is 0 Å². The van der Waals surface area contributed by atoms with E-state index in [1.807, 2.05) is 33.9 Å². The highest BCUT2D eigenvalue weighted by Crippen LogP contribution is 2.26. The molecule has 1 amide bonds. The molecule has 1 atom stereocenters. The molecule has 0 saturated carbocycles. The molecule has 0 aliphatic carbocycles. The van der Waals surface area contributed by atoms with Gasteiger partial charge in [-0.05, 0) is 41.0 Å². The van der Waals surface area contributed by atoms with Gasteiger partial charge < -0.3 is 18.9 Å². The summed E-state index contributed by atoms with van der Waals surface area (Å²) in [4.78, 5) is 18.0. The fourth-order valence-electron chi connectivity index (χ4n) is 2.56. The van der Waals surface area contributed by atoms with Crippen molar-refractivity contribution in [2.24, 2.45) is 0 Å². The molecule has 2 heterocycles. The summed E-state index contributed by atoms with van der Waals surface area (Å²) in [7, 11) is 0. The van der Waals surface area contributed by atoms with Crippen molar-refractivity contribution in [3.8, 4) is 0 Å². The van der Waals surface area contributed by atoms with Crippen molar-refractivity contribution in [1.29, 1.82) is 0 Å². The third kappa shape index (κ3) is 4.47. The molecule has 2 rings (SSSR count). The van der Waals surface area contributed by atoms with Crippen molar-refractivity contribution >= 4 is 6.09 Å². The lowest BCUT2D eigenvalue weighted by Crippen LogP contribution is -2.39. The first-order chi connectivity index (χ1) is 10.2. The Hall–Kier alpha value is -1.56. The van der Waals surface area contributed by atoms with Crippen LogP contribution < -0.4 is 0 Å². The minimum atomic E-state index is -0.462. The van der Waals surface area contributed by atoms with E-state index in [4.69, 9.17) is 9.47 Å². The van der Waals surface area contributed by atoms with Gasteiger partial charge in [0.05, 0.1) is 18.8 Å². The first-order valence-corrected chi connectivity index (χ1v) is 7.78. The van der Waals surface area contributed by atoms with Gasteiger partial charge in [-0.1, -0.05) is 0 Å². The zero-order valence-corrected chi connectivity index (χ0v) is 14.3. The van der Waals surface area contributed by atoms with Crippen LogP contribution in [-0.4, -0.2) is 51.4 Å². The van der Waals surface area contributed by atoms with E-state index in [1.165, 1.54) is 0 Å². The van der Waals surface area contributed by atoms with Crippen LogP contribution in [0.5, 0.6) is 0 Å². The summed E-state index contributed by atoms with van der Waals surface area (Å²) in [5, 5.41) is 0. The predicted octanol–water partition coefficient (Wildman–Crippen LogP) is 2.61. The van der Waals surface area contributed by atoms with Crippen LogP contribution in [0.15, 0.2) is 12.4 Å². The Morgan fingerprint density at radius 1 is 1.45 bits per heavy atom. The summed E-state index contributed by atoms with van der Waals surface area (Å²) < 4.78 is 13.5. The van der Waals surface area contributed by atoms with E-state index in [0.29, 0.717) is 19.7 Å². The molecule has 1 unspecified atom stereocenters. The van der Waals surface area contributed by atoms with Crippen LogP contribution >= 0.6 is 0 Å². The quantitative estimate of drug-likeness (QED) is 0.858. The molecule has 6 nitrogen and oxygen atoms in total. The van der Waals surface area contributed by atoms with Crippen LogP contribution in [0, 0.1) is 6.92 Å². The van der Waals surface area contributed by atoms with Crippen LogP contribution in [0.4, 0.5) is 4.79 Å². The SMILES string of the molecule is Cc1nccn1CCOC1(C)CCN(C(=O)OC(C)(C)C)C1. The van der Waals surface area contributed by atoms with Gasteiger partial charge in [0.1, 0.15) is 11.4 Å². The summed E-state index contributed by atoms with van der Waals surface area (Å²) >= 11 is 0. The second-order valence-electron chi connectivity index (χ2n) is 7.12. The Labute approximate surface area is 132 Å². The Balaban J connectivity index is 1.80. The molecule has 22 heavy (non-hydrogen) atoms. The maximum Gasteiger partial charge on any atom is 0.410 e. The molecule has 1 aliphatic heterocycles.